The minimum absolute atomic E-state index is 0.0192. The van der Waals surface area contributed by atoms with E-state index in [1.54, 1.807) is 44.4 Å². The number of methoxy groups -OCH3 is 1. The van der Waals surface area contributed by atoms with Crippen molar-refractivity contribution in [3.8, 4) is 11.5 Å². The minimum Gasteiger partial charge on any atom is -0.497 e. The van der Waals surface area contributed by atoms with Crippen molar-refractivity contribution >= 4 is 33.2 Å². The molecule has 33 heavy (non-hydrogen) atoms. The number of hydrogen-bond donors (Lipinski definition) is 2. The predicted molar refractivity (Wildman–Crippen MR) is 129 cm³/mol. The molecule has 9 heteroatoms. The van der Waals surface area contributed by atoms with Gasteiger partial charge in [-0.1, -0.05) is 29.8 Å². The highest BCUT2D eigenvalue weighted by Crippen LogP contribution is 2.27. The summed E-state index contributed by atoms with van der Waals surface area (Å²) in [5, 5.41) is 2.73. The second kappa shape index (κ2) is 10.6. The Labute approximate surface area is 198 Å². The van der Waals surface area contributed by atoms with Gasteiger partial charge in [0.05, 0.1) is 24.4 Å². The van der Waals surface area contributed by atoms with Gasteiger partial charge in [0.2, 0.25) is 0 Å². The smallest absolute Gasteiger partial charge is 0.263 e. The van der Waals surface area contributed by atoms with Crippen LogP contribution in [0.25, 0.3) is 0 Å². The van der Waals surface area contributed by atoms with Crippen LogP contribution in [-0.2, 0) is 10.0 Å². The van der Waals surface area contributed by atoms with Gasteiger partial charge < -0.3 is 14.8 Å². The average molecular weight is 489 g/mol. The molecule has 0 heterocycles. The molecule has 0 atom stereocenters. The quantitative estimate of drug-likeness (QED) is 0.430. The Hall–Kier alpha value is -3.23. The first-order chi connectivity index (χ1) is 15.7. The van der Waals surface area contributed by atoms with E-state index in [2.05, 4.69) is 10.0 Å². The molecule has 1 amide bonds. The lowest BCUT2D eigenvalue weighted by Gasteiger charge is -2.13. The normalized spacial score (nSPS) is 11.0. The van der Waals surface area contributed by atoms with Crippen LogP contribution in [0.15, 0.2) is 65.6 Å². The summed E-state index contributed by atoms with van der Waals surface area (Å²) < 4.78 is 39.2. The molecule has 0 fully saturated rings. The van der Waals surface area contributed by atoms with Gasteiger partial charge in [-0.2, -0.15) is 0 Å². The zero-order valence-corrected chi connectivity index (χ0v) is 20.1. The number of benzene rings is 3. The molecule has 0 aliphatic carbocycles. The van der Waals surface area contributed by atoms with E-state index in [0.717, 1.165) is 11.1 Å². The summed E-state index contributed by atoms with van der Waals surface area (Å²) in [4.78, 5) is 12.4. The van der Waals surface area contributed by atoms with Crippen LogP contribution in [-0.4, -0.2) is 34.6 Å². The Bertz CT molecular complexity index is 1260. The molecule has 0 spiro atoms. The zero-order valence-electron chi connectivity index (χ0n) is 18.5. The van der Waals surface area contributed by atoms with Crippen LogP contribution >= 0.6 is 11.6 Å². The standard InChI is InChI=1S/C24H25ClN2O5S/c1-16-7-8-17(2)22(13-16)27-33(29,30)23-14-18(9-10-21(23)25)24(28)26-11-12-32-20-6-4-5-19(15-20)31-3/h4-10,13-15,27H,11-12H2,1-3H3,(H,26,28). The molecule has 0 aliphatic heterocycles. The average Bonchev–Trinajstić information content (AvgIpc) is 2.79. The second-order valence-corrected chi connectivity index (χ2v) is 9.41. The van der Waals surface area contributed by atoms with Gasteiger partial charge >= 0.3 is 0 Å². The largest absolute Gasteiger partial charge is 0.497 e. The maximum atomic E-state index is 13.0. The molecule has 174 valence electrons. The van der Waals surface area contributed by atoms with Gasteiger partial charge in [-0.3, -0.25) is 9.52 Å². The number of halogens is 1. The SMILES string of the molecule is COc1cccc(OCCNC(=O)c2ccc(Cl)c(S(=O)(=O)Nc3cc(C)ccc3C)c2)c1. The number of ether oxygens (including phenoxy) is 2. The maximum Gasteiger partial charge on any atom is 0.263 e. The Kier molecular flexibility index (Phi) is 7.84. The highest BCUT2D eigenvalue weighted by Gasteiger charge is 2.21. The second-order valence-electron chi connectivity index (χ2n) is 7.35. The van der Waals surface area contributed by atoms with Gasteiger partial charge in [0.15, 0.2) is 0 Å². The molecular formula is C24H25ClN2O5S. The molecule has 7 nitrogen and oxygen atoms in total. The van der Waals surface area contributed by atoms with Gasteiger partial charge in [-0.25, -0.2) is 8.42 Å². The predicted octanol–water partition coefficient (Wildman–Crippen LogP) is 4.58. The zero-order chi connectivity index (χ0) is 24.0. The van der Waals surface area contributed by atoms with Crippen LogP contribution < -0.4 is 19.5 Å². The van der Waals surface area contributed by atoms with Crippen molar-refractivity contribution in [1.29, 1.82) is 0 Å². The van der Waals surface area contributed by atoms with Crippen LogP contribution in [0.1, 0.15) is 21.5 Å². The van der Waals surface area contributed by atoms with Gasteiger partial charge in [0.1, 0.15) is 23.0 Å². The lowest BCUT2D eigenvalue weighted by molar-refractivity contribution is 0.0946. The van der Waals surface area contributed by atoms with E-state index in [4.69, 9.17) is 21.1 Å². The number of carbonyl (C=O) groups excluding carboxylic acids is 1. The number of nitrogens with one attached hydrogen (secondary N) is 2. The van der Waals surface area contributed by atoms with Crippen molar-refractivity contribution in [3.63, 3.8) is 0 Å². The van der Waals surface area contributed by atoms with Gasteiger partial charge in [-0.15, -0.1) is 0 Å². The number of sulfonamides is 1. The van der Waals surface area contributed by atoms with Crippen LogP contribution in [0, 0.1) is 13.8 Å². The fourth-order valence-electron chi connectivity index (χ4n) is 3.02. The molecule has 0 aliphatic rings. The number of rotatable bonds is 9. The fourth-order valence-corrected chi connectivity index (χ4v) is 4.67. The first-order valence-corrected chi connectivity index (χ1v) is 12.0. The summed E-state index contributed by atoms with van der Waals surface area (Å²) in [5.41, 5.74) is 2.30. The van der Waals surface area contributed by atoms with Crippen molar-refractivity contribution in [1.82, 2.24) is 5.32 Å². The number of amides is 1. The fraction of sp³-hybridized carbons (Fsp3) is 0.208. The van der Waals surface area contributed by atoms with Gasteiger partial charge in [0.25, 0.3) is 15.9 Å². The van der Waals surface area contributed by atoms with E-state index in [-0.39, 0.29) is 28.6 Å². The van der Waals surface area contributed by atoms with Gasteiger partial charge in [-0.05, 0) is 61.4 Å². The Morgan fingerprint density at radius 3 is 2.52 bits per heavy atom. The van der Waals surface area contributed by atoms with E-state index < -0.39 is 15.9 Å². The van der Waals surface area contributed by atoms with Crippen molar-refractivity contribution in [2.75, 3.05) is 25.0 Å². The Morgan fingerprint density at radius 2 is 1.76 bits per heavy atom. The number of aryl methyl sites for hydroxylation is 2. The van der Waals surface area contributed by atoms with E-state index in [1.165, 1.54) is 18.2 Å². The lowest BCUT2D eigenvalue weighted by Crippen LogP contribution is -2.28. The third kappa shape index (κ3) is 6.40. The van der Waals surface area contributed by atoms with Crippen LogP contribution in [0.4, 0.5) is 5.69 Å². The summed E-state index contributed by atoms with van der Waals surface area (Å²) in [6, 6.07) is 16.7. The molecule has 0 radical (unpaired) electrons. The van der Waals surface area contributed by atoms with E-state index in [1.807, 2.05) is 19.1 Å². The van der Waals surface area contributed by atoms with Crippen LogP contribution in [0.3, 0.4) is 0 Å². The summed E-state index contributed by atoms with van der Waals surface area (Å²) in [6.07, 6.45) is 0. The monoisotopic (exact) mass is 488 g/mol. The summed E-state index contributed by atoms with van der Waals surface area (Å²) in [7, 11) is -2.44. The van der Waals surface area contributed by atoms with Crippen molar-refractivity contribution in [2.45, 2.75) is 18.7 Å². The molecular weight excluding hydrogens is 464 g/mol. The molecule has 3 rings (SSSR count). The molecule has 3 aromatic rings. The number of hydrogen-bond acceptors (Lipinski definition) is 5. The van der Waals surface area contributed by atoms with E-state index in [0.29, 0.717) is 17.2 Å². The third-order valence-corrected chi connectivity index (χ3v) is 6.66. The van der Waals surface area contributed by atoms with Crippen molar-refractivity contribution in [3.05, 3.63) is 82.4 Å². The highest BCUT2D eigenvalue weighted by molar-refractivity contribution is 7.92. The first kappa shape index (κ1) is 24.4. The topological polar surface area (TPSA) is 93.7 Å². The van der Waals surface area contributed by atoms with Crippen LogP contribution in [0.5, 0.6) is 11.5 Å². The molecule has 0 aromatic heterocycles. The molecule has 0 bridgehead atoms. The molecule has 2 N–H and O–H groups in total. The first-order valence-electron chi connectivity index (χ1n) is 10.1. The Morgan fingerprint density at radius 1 is 1.00 bits per heavy atom. The molecule has 0 saturated heterocycles. The van der Waals surface area contributed by atoms with Gasteiger partial charge in [0, 0.05) is 11.6 Å². The maximum absolute atomic E-state index is 13.0. The Balaban J connectivity index is 1.67. The summed E-state index contributed by atoms with van der Waals surface area (Å²) in [5.74, 6) is 0.839. The van der Waals surface area contributed by atoms with E-state index >= 15 is 0 Å². The third-order valence-electron chi connectivity index (χ3n) is 4.82. The minimum atomic E-state index is -4.01. The molecule has 0 unspecified atom stereocenters. The highest BCUT2D eigenvalue weighted by atomic mass is 35.5. The number of anilines is 1. The summed E-state index contributed by atoms with van der Waals surface area (Å²) in [6.45, 7) is 4.12. The molecule has 0 saturated carbocycles. The van der Waals surface area contributed by atoms with Crippen molar-refractivity contribution < 1.29 is 22.7 Å². The van der Waals surface area contributed by atoms with Crippen LogP contribution in [0.2, 0.25) is 5.02 Å². The number of carbonyl (C=O) groups is 1. The lowest BCUT2D eigenvalue weighted by atomic mass is 10.1. The molecule has 3 aromatic carbocycles. The van der Waals surface area contributed by atoms with Crippen molar-refractivity contribution in [2.24, 2.45) is 0 Å². The van der Waals surface area contributed by atoms with E-state index in [9.17, 15) is 13.2 Å². The summed E-state index contributed by atoms with van der Waals surface area (Å²) >= 11 is 6.16.